The number of nitrogens with one attached hydrogen (secondary N) is 1. The maximum Gasteiger partial charge on any atom is 0.387 e. The third-order valence-corrected chi connectivity index (χ3v) is 2.28. The molecule has 0 atom stereocenters. The van der Waals surface area contributed by atoms with Crippen LogP contribution in [0.2, 0.25) is 0 Å². The fraction of sp³-hybridized carbons (Fsp3) is 0.417. The number of carbonyl (C=O) groups excluding carboxylic acids is 1. The van der Waals surface area contributed by atoms with Crippen molar-refractivity contribution in [3.8, 4) is 5.75 Å². The third kappa shape index (κ3) is 4.67. The number of ether oxygens (including phenoxy) is 1. The van der Waals surface area contributed by atoms with Gasteiger partial charge in [-0.05, 0) is 13.0 Å². The Morgan fingerprint density at radius 3 is 2.83 bits per heavy atom. The molecule has 0 aromatic heterocycles. The van der Waals surface area contributed by atoms with Crippen LogP contribution < -0.4 is 15.8 Å². The maximum atomic E-state index is 12.2. The molecular weight excluding hydrogens is 242 g/mol. The predicted molar refractivity (Wildman–Crippen MR) is 63.3 cm³/mol. The highest BCUT2D eigenvalue weighted by Gasteiger charge is 2.10. The molecule has 1 amide bonds. The highest BCUT2D eigenvalue weighted by molar-refractivity contribution is 5.76. The Bertz CT molecular complexity index is 411. The number of alkyl halides is 2. The van der Waals surface area contributed by atoms with Gasteiger partial charge < -0.3 is 15.8 Å². The number of aryl methyl sites for hydroxylation is 1. The monoisotopic (exact) mass is 258 g/mol. The summed E-state index contributed by atoms with van der Waals surface area (Å²) in [5.74, 6) is -0.148. The first-order valence-electron chi connectivity index (χ1n) is 5.54. The van der Waals surface area contributed by atoms with E-state index in [1.165, 1.54) is 6.07 Å². The normalized spacial score (nSPS) is 10.5. The van der Waals surface area contributed by atoms with Gasteiger partial charge in [0.1, 0.15) is 5.75 Å². The summed E-state index contributed by atoms with van der Waals surface area (Å²) in [6, 6.07) is 4.83. The molecule has 0 spiro atoms. The predicted octanol–water partition coefficient (Wildman–Crippen LogP) is 1.56. The van der Waals surface area contributed by atoms with Gasteiger partial charge in [-0.15, -0.1) is 0 Å². The summed E-state index contributed by atoms with van der Waals surface area (Å²) < 4.78 is 28.8. The summed E-state index contributed by atoms with van der Waals surface area (Å²) in [6.07, 6.45) is 0.205. The Kier molecular flexibility index (Phi) is 5.51. The molecule has 0 heterocycles. The van der Waals surface area contributed by atoms with Crippen molar-refractivity contribution in [1.82, 2.24) is 5.32 Å². The molecule has 1 rings (SSSR count). The highest BCUT2D eigenvalue weighted by atomic mass is 19.3. The zero-order valence-electron chi connectivity index (χ0n) is 10.1. The van der Waals surface area contributed by atoms with E-state index in [0.717, 1.165) is 5.56 Å². The average molecular weight is 258 g/mol. The van der Waals surface area contributed by atoms with Gasteiger partial charge in [0.25, 0.3) is 0 Å². The van der Waals surface area contributed by atoms with Crippen molar-refractivity contribution in [2.45, 2.75) is 26.5 Å². The maximum absolute atomic E-state index is 12.2. The van der Waals surface area contributed by atoms with Crippen molar-refractivity contribution in [2.24, 2.45) is 5.73 Å². The van der Waals surface area contributed by atoms with Crippen LogP contribution in [0.15, 0.2) is 18.2 Å². The number of hydrogen-bond acceptors (Lipinski definition) is 3. The molecular formula is C12H16F2N2O2. The fourth-order valence-electron chi connectivity index (χ4n) is 1.47. The molecule has 6 heteroatoms. The van der Waals surface area contributed by atoms with E-state index < -0.39 is 6.61 Å². The van der Waals surface area contributed by atoms with Crippen molar-refractivity contribution in [2.75, 3.05) is 6.54 Å². The lowest BCUT2D eigenvalue weighted by Crippen LogP contribution is -2.25. The van der Waals surface area contributed by atoms with Gasteiger partial charge in [-0.1, -0.05) is 17.7 Å². The smallest absolute Gasteiger partial charge is 0.387 e. The molecule has 0 bridgehead atoms. The van der Waals surface area contributed by atoms with E-state index >= 15 is 0 Å². The van der Waals surface area contributed by atoms with Crippen LogP contribution in [-0.4, -0.2) is 19.1 Å². The van der Waals surface area contributed by atoms with Crippen molar-refractivity contribution in [3.63, 3.8) is 0 Å². The highest BCUT2D eigenvalue weighted by Crippen LogP contribution is 2.21. The molecule has 0 unspecified atom stereocenters. The summed E-state index contributed by atoms with van der Waals surface area (Å²) in [6.45, 7) is -0.661. The first kappa shape index (κ1) is 14.4. The van der Waals surface area contributed by atoms with Gasteiger partial charge in [0.05, 0.1) is 0 Å². The Hall–Kier alpha value is -1.69. The van der Waals surface area contributed by atoms with E-state index in [1.807, 2.05) is 6.92 Å². The minimum Gasteiger partial charge on any atom is -0.434 e. The first-order valence-corrected chi connectivity index (χ1v) is 5.54. The van der Waals surface area contributed by atoms with Gasteiger partial charge in [-0.25, -0.2) is 0 Å². The second-order valence-corrected chi connectivity index (χ2v) is 3.81. The Morgan fingerprint density at radius 1 is 1.50 bits per heavy atom. The molecule has 0 saturated carbocycles. The molecule has 0 fully saturated rings. The van der Waals surface area contributed by atoms with E-state index in [9.17, 15) is 13.6 Å². The van der Waals surface area contributed by atoms with Crippen LogP contribution in [0.5, 0.6) is 5.75 Å². The molecule has 4 nitrogen and oxygen atoms in total. The van der Waals surface area contributed by atoms with Crippen LogP contribution >= 0.6 is 0 Å². The van der Waals surface area contributed by atoms with E-state index in [-0.39, 0.29) is 31.2 Å². The average Bonchev–Trinajstić information content (AvgIpc) is 2.29. The molecule has 1 aromatic rings. The molecule has 0 aliphatic heterocycles. The van der Waals surface area contributed by atoms with Crippen LogP contribution in [0.25, 0.3) is 0 Å². The van der Waals surface area contributed by atoms with Crippen LogP contribution in [-0.2, 0) is 11.3 Å². The Balaban J connectivity index is 2.72. The van der Waals surface area contributed by atoms with Crippen LogP contribution in [0.3, 0.4) is 0 Å². The molecule has 0 aliphatic rings. The topological polar surface area (TPSA) is 64.3 Å². The van der Waals surface area contributed by atoms with Crippen molar-refractivity contribution in [1.29, 1.82) is 0 Å². The number of hydrogen-bond donors (Lipinski definition) is 2. The van der Waals surface area contributed by atoms with Gasteiger partial charge in [-0.2, -0.15) is 8.78 Å². The molecule has 1 aromatic carbocycles. The van der Waals surface area contributed by atoms with E-state index in [2.05, 4.69) is 10.1 Å². The fourth-order valence-corrected chi connectivity index (χ4v) is 1.47. The van der Waals surface area contributed by atoms with Crippen molar-refractivity contribution < 1.29 is 18.3 Å². The first-order chi connectivity index (χ1) is 8.52. The summed E-state index contributed by atoms with van der Waals surface area (Å²) in [5, 5.41) is 2.60. The second kappa shape index (κ2) is 6.90. The standard InChI is InChI=1S/C12H16F2N2O2/c1-8-2-3-10(18-12(13)14)9(6-8)7-16-11(17)4-5-15/h2-3,6,12H,4-5,7,15H2,1H3,(H,16,17). The van der Waals surface area contributed by atoms with E-state index in [1.54, 1.807) is 12.1 Å². The SMILES string of the molecule is Cc1ccc(OC(F)F)c(CNC(=O)CCN)c1. The minimum atomic E-state index is -2.88. The quantitative estimate of drug-likeness (QED) is 0.814. The number of nitrogens with two attached hydrogens (primary N) is 1. The minimum absolute atomic E-state index is 0.0728. The summed E-state index contributed by atoms with van der Waals surface area (Å²) in [4.78, 5) is 11.3. The molecule has 100 valence electrons. The lowest BCUT2D eigenvalue weighted by atomic mass is 10.1. The molecule has 0 radical (unpaired) electrons. The summed E-state index contributed by atoms with van der Waals surface area (Å²) >= 11 is 0. The molecule has 18 heavy (non-hydrogen) atoms. The van der Waals surface area contributed by atoms with Gasteiger partial charge in [0.15, 0.2) is 0 Å². The molecule has 0 aliphatic carbocycles. The third-order valence-electron chi connectivity index (χ3n) is 2.28. The van der Waals surface area contributed by atoms with Crippen LogP contribution in [0.1, 0.15) is 17.5 Å². The zero-order valence-corrected chi connectivity index (χ0v) is 10.1. The number of rotatable bonds is 6. The largest absolute Gasteiger partial charge is 0.434 e. The van der Waals surface area contributed by atoms with E-state index in [4.69, 9.17) is 5.73 Å². The Labute approximate surface area is 104 Å². The van der Waals surface area contributed by atoms with Crippen LogP contribution in [0.4, 0.5) is 8.78 Å². The number of benzene rings is 1. The van der Waals surface area contributed by atoms with Gasteiger partial charge in [0.2, 0.25) is 5.91 Å². The summed E-state index contributed by atoms with van der Waals surface area (Å²) in [5.41, 5.74) is 6.65. The lowest BCUT2D eigenvalue weighted by molar-refractivity contribution is -0.121. The van der Waals surface area contributed by atoms with Crippen molar-refractivity contribution in [3.05, 3.63) is 29.3 Å². The zero-order chi connectivity index (χ0) is 13.5. The van der Waals surface area contributed by atoms with Gasteiger partial charge in [0, 0.05) is 25.1 Å². The van der Waals surface area contributed by atoms with Crippen molar-refractivity contribution >= 4 is 5.91 Å². The molecule has 0 saturated heterocycles. The van der Waals surface area contributed by atoms with E-state index in [0.29, 0.717) is 5.56 Å². The number of halogens is 2. The van der Waals surface area contributed by atoms with Gasteiger partial charge >= 0.3 is 6.61 Å². The second-order valence-electron chi connectivity index (χ2n) is 3.81. The Morgan fingerprint density at radius 2 is 2.22 bits per heavy atom. The summed E-state index contributed by atoms with van der Waals surface area (Å²) in [7, 11) is 0. The number of carbonyl (C=O) groups is 1. The van der Waals surface area contributed by atoms with Gasteiger partial charge in [-0.3, -0.25) is 4.79 Å². The van der Waals surface area contributed by atoms with Crippen LogP contribution in [0, 0.1) is 6.92 Å². The number of amides is 1. The molecule has 3 N–H and O–H groups in total. The lowest BCUT2D eigenvalue weighted by Gasteiger charge is -2.12.